The van der Waals surface area contributed by atoms with E-state index in [0.29, 0.717) is 12.3 Å². The molecule has 3 atom stereocenters. The molecule has 0 bridgehead atoms. The summed E-state index contributed by atoms with van der Waals surface area (Å²) in [7, 11) is 0. The first-order valence-corrected chi connectivity index (χ1v) is 8.91. The van der Waals surface area contributed by atoms with Gasteiger partial charge >= 0.3 is 0 Å². The summed E-state index contributed by atoms with van der Waals surface area (Å²) in [4.78, 5) is 28.6. The second-order valence-electron chi connectivity index (χ2n) is 6.79. The minimum Gasteiger partial charge on any atom is -0.341 e. The van der Waals surface area contributed by atoms with E-state index in [9.17, 15) is 9.59 Å². The predicted molar refractivity (Wildman–Crippen MR) is 83.7 cm³/mol. The molecule has 3 fully saturated rings. The minimum atomic E-state index is -0.248. The maximum absolute atomic E-state index is 12.8. The first-order valence-electron chi connectivity index (χ1n) is 7.93. The standard InChI is InChI=1S/C15H25N3O2S/c1-10(16)11-4-7-17(8-5-11)14(20)12-9-21-15(2)6-3-13(19)18(12)15/h10-12H,3-9,16H2,1-2H3. The Labute approximate surface area is 130 Å². The van der Waals surface area contributed by atoms with E-state index in [0.717, 1.165) is 38.1 Å². The van der Waals surface area contributed by atoms with Crippen LogP contribution in [0.2, 0.25) is 0 Å². The van der Waals surface area contributed by atoms with Crippen LogP contribution >= 0.6 is 11.8 Å². The van der Waals surface area contributed by atoms with Crippen molar-refractivity contribution in [3.8, 4) is 0 Å². The lowest BCUT2D eigenvalue weighted by molar-refractivity contribution is -0.144. The summed E-state index contributed by atoms with van der Waals surface area (Å²) < 4.78 is 0. The zero-order chi connectivity index (χ0) is 15.2. The van der Waals surface area contributed by atoms with E-state index in [4.69, 9.17) is 5.73 Å². The van der Waals surface area contributed by atoms with Gasteiger partial charge in [0.1, 0.15) is 6.04 Å². The van der Waals surface area contributed by atoms with Crippen LogP contribution in [0.1, 0.15) is 39.5 Å². The number of piperidine rings is 1. The molecular formula is C15H25N3O2S. The highest BCUT2D eigenvalue weighted by molar-refractivity contribution is 8.01. The summed E-state index contributed by atoms with van der Waals surface area (Å²) in [5, 5.41) is 0. The smallest absolute Gasteiger partial charge is 0.246 e. The third-order valence-electron chi connectivity index (χ3n) is 5.32. The van der Waals surface area contributed by atoms with Gasteiger partial charge in [0, 0.05) is 31.3 Å². The topological polar surface area (TPSA) is 66.6 Å². The highest BCUT2D eigenvalue weighted by atomic mass is 32.2. The molecule has 0 saturated carbocycles. The minimum absolute atomic E-state index is 0.143. The molecule has 0 aromatic heterocycles. The zero-order valence-electron chi connectivity index (χ0n) is 12.9. The highest BCUT2D eigenvalue weighted by Gasteiger charge is 2.53. The third kappa shape index (κ3) is 2.57. The Morgan fingerprint density at radius 1 is 1.43 bits per heavy atom. The number of hydrogen-bond acceptors (Lipinski definition) is 4. The lowest BCUT2D eigenvalue weighted by atomic mass is 9.90. The molecule has 6 heteroatoms. The molecule has 2 N–H and O–H groups in total. The van der Waals surface area contributed by atoms with Crippen LogP contribution in [0, 0.1) is 5.92 Å². The Morgan fingerprint density at radius 3 is 2.71 bits per heavy atom. The number of nitrogens with two attached hydrogens (primary N) is 1. The normalized spacial score (nSPS) is 35.2. The number of carbonyl (C=O) groups is 2. The predicted octanol–water partition coefficient (Wildman–Crippen LogP) is 1.03. The van der Waals surface area contributed by atoms with E-state index in [-0.39, 0.29) is 28.8 Å². The van der Waals surface area contributed by atoms with Gasteiger partial charge in [-0.1, -0.05) is 0 Å². The molecular weight excluding hydrogens is 286 g/mol. The monoisotopic (exact) mass is 311 g/mol. The van der Waals surface area contributed by atoms with Gasteiger partial charge in [0.2, 0.25) is 11.8 Å². The number of likely N-dealkylation sites (tertiary alicyclic amines) is 1. The van der Waals surface area contributed by atoms with Gasteiger partial charge in [-0.15, -0.1) is 11.8 Å². The molecule has 118 valence electrons. The van der Waals surface area contributed by atoms with Crippen molar-refractivity contribution in [3.63, 3.8) is 0 Å². The molecule has 5 nitrogen and oxygen atoms in total. The van der Waals surface area contributed by atoms with Gasteiger partial charge in [-0.05, 0) is 39.0 Å². The molecule has 0 aromatic carbocycles. The Kier molecular flexibility index (Phi) is 3.94. The van der Waals surface area contributed by atoms with Crippen LogP contribution in [0.5, 0.6) is 0 Å². The summed E-state index contributed by atoms with van der Waals surface area (Å²) in [5.74, 6) is 1.55. The summed E-state index contributed by atoms with van der Waals surface area (Å²) in [6.07, 6.45) is 3.41. The van der Waals surface area contributed by atoms with Crippen LogP contribution in [-0.2, 0) is 9.59 Å². The largest absolute Gasteiger partial charge is 0.341 e. The molecule has 3 aliphatic heterocycles. The van der Waals surface area contributed by atoms with Crippen LogP contribution < -0.4 is 5.73 Å². The number of rotatable bonds is 2. The molecule has 2 amide bonds. The molecule has 3 unspecified atom stereocenters. The van der Waals surface area contributed by atoms with Crippen molar-refractivity contribution >= 4 is 23.6 Å². The molecule has 0 aromatic rings. The van der Waals surface area contributed by atoms with E-state index < -0.39 is 0 Å². The van der Waals surface area contributed by atoms with Crippen LogP contribution in [0.15, 0.2) is 0 Å². The van der Waals surface area contributed by atoms with Crippen molar-refractivity contribution in [3.05, 3.63) is 0 Å². The third-order valence-corrected chi connectivity index (χ3v) is 6.83. The maximum Gasteiger partial charge on any atom is 0.246 e. The van der Waals surface area contributed by atoms with Crippen molar-refractivity contribution in [1.29, 1.82) is 0 Å². The second kappa shape index (κ2) is 5.47. The second-order valence-corrected chi connectivity index (χ2v) is 8.29. The number of carbonyl (C=O) groups excluding carboxylic acids is 2. The molecule has 3 saturated heterocycles. The van der Waals surface area contributed by atoms with Crippen molar-refractivity contribution < 1.29 is 9.59 Å². The average Bonchev–Trinajstić information content (AvgIpc) is 2.95. The van der Waals surface area contributed by atoms with E-state index in [1.807, 2.05) is 16.7 Å². The lowest BCUT2D eigenvalue weighted by Crippen LogP contribution is -2.53. The van der Waals surface area contributed by atoms with Crippen molar-refractivity contribution in [2.24, 2.45) is 11.7 Å². The molecule has 0 aliphatic carbocycles. The van der Waals surface area contributed by atoms with Gasteiger partial charge < -0.3 is 15.5 Å². The van der Waals surface area contributed by atoms with Gasteiger partial charge in [-0.2, -0.15) is 0 Å². The van der Waals surface area contributed by atoms with Gasteiger partial charge in [0.15, 0.2) is 0 Å². The Bertz CT molecular complexity index is 448. The van der Waals surface area contributed by atoms with Crippen molar-refractivity contribution in [2.75, 3.05) is 18.8 Å². The maximum atomic E-state index is 12.8. The van der Waals surface area contributed by atoms with Gasteiger partial charge in [-0.3, -0.25) is 9.59 Å². The number of amides is 2. The Morgan fingerprint density at radius 2 is 2.10 bits per heavy atom. The van der Waals surface area contributed by atoms with E-state index in [1.54, 1.807) is 11.8 Å². The molecule has 3 aliphatic rings. The fourth-order valence-corrected chi connectivity index (χ4v) is 5.28. The quantitative estimate of drug-likeness (QED) is 0.827. The molecule has 0 spiro atoms. The number of thioether (sulfide) groups is 1. The van der Waals surface area contributed by atoms with E-state index in [1.165, 1.54) is 0 Å². The van der Waals surface area contributed by atoms with Crippen LogP contribution in [0.3, 0.4) is 0 Å². The van der Waals surface area contributed by atoms with E-state index >= 15 is 0 Å². The van der Waals surface area contributed by atoms with Gasteiger partial charge in [0.25, 0.3) is 0 Å². The van der Waals surface area contributed by atoms with E-state index in [2.05, 4.69) is 6.92 Å². The fourth-order valence-electron chi connectivity index (χ4n) is 3.86. The number of fused-ring (bicyclic) bond motifs is 1. The zero-order valence-corrected chi connectivity index (χ0v) is 13.7. The van der Waals surface area contributed by atoms with Crippen molar-refractivity contribution in [1.82, 2.24) is 9.80 Å². The lowest BCUT2D eigenvalue weighted by Gasteiger charge is -2.37. The van der Waals surface area contributed by atoms with Crippen LogP contribution in [0.4, 0.5) is 0 Å². The summed E-state index contributed by atoms with van der Waals surface area (Å²) in [6.45, 7) is 5.71. The summed E-state index contributed by atoms with van der Waals surface area (Å²) >= 11 is 1.76. The molecule has 3 heterocycles. The fraction of sp³-hybridized carbons (Fsp3) is 0.867. The van der Waals surface area contributed by atoms with Crippen LogP contribution in [0.25, 0.3) is 0 Å². The molecule has 21 heavy (non-hydrogen) atoms. The SMILES string of the molecule is CC(N)C1CCN(C(=O)C2CSC3(C)CCC(=O)N23)CC1. The number of hydrogen-bond donors (Lipinski definition) is 1. The van der Waals surface area contributed by atoms with Gasteiger partial charge in [-0.25, -0.2) is 0 Å². The Hall–Kier alpha value is -0.750. The van der Waals surface area contributed by atoms with Crippen molar-refractivity contribution in [2.45, 2.75) is 56.5 Å². The summed E-state index contributed by atoms with van der Waals surface area (Å²) in [6, 6.07) is -0.0467. The summed E-state index contributed by atoms with van der Waals surface area (Å²) in [5.41, 5.74) is 5.96. The van der Waals surface area contributed by atoms with Crippen LogP contribution in [-0.4, -0.2) is 57.4 Å². The first kappa shape index (κ1) is 15.2. The molecule has 0 radical (unpaired) electrons. The number of nitrogens with zero attached hydrogens (tertiary/aromatic N) is 2. The average molecular weight is 311 g/mol. The van der Waals surface area contributed by atoms with Gasteiger partial charge in [0.05, 0.1) is 4.87 Å². The highest BCUT2D eigenvalue weighted by Crippen LogP contribution is 2.47. The Balaban J connectivity index is 1.65. The first-order chi connectivity index (χ1) is 9.92. The molecule has 3 rings (SSSR count).